The molecule has 2 atom stereocenters. The predicted molar refractivity (Wildman–Crippen MR) is 123 cm³/mol. The summed E-state index contributed by atoms with van der Waals surface area (Å²) in [6.45, 7) is 1.99. The van der Waals surface area contributed by atoms with Crippen LogP contribution in [0.5, 0.6) is 5.75 Å². The van der Waals surface area contributed by atoms with Gasteiger partial charge in [-0.1, -0.05) is 72.3 Å². The van der Waals surface area contributed by atoms with Crippen LogP contribution in [0.1, 0.15) is 17.2 Å². The molecule has 0 aromatic heterocycles. The van der Waals surface area contributed by atoms with E-state index in [1.807, 2.05) is 73.7 Å². The largest absolute Gasteiger partial charge is 0.496 e. The van der Waals surface area contributed by atoms with Crippen molar-refractivity contribution in [2.45, 2.75) is 17.9 Å². The van der Waals surface area contributed by atoms with Gasteiger partial charge >= 0.3 is 0 Å². The van der Waals surface area contributed by atoms with Crippen LogP contribution in [-0.2, 0) is 10.8 Å². The first-order chi connectivity index (χ1) is 14.6. The van der Waals surface area contributed by atoms with E-state index in [9.17, 15) is 9.32 Å². The summed E-state index contributed by atoms with van der Waals surface area (Å²) in [5.41, 5.74) is 3.65. The molecule has 0 saturated carbocycles. The molecule has 3 nitrogen and oxygen atoms in total. The van der Waals surface area contributed by atoms with Gasteiger partial charge in [-0.2, -0.15) is 0 Å². The number of hydrogen-bond donors (Lipinski definition) is 1. The number of aryl methyl sites for hydroxylation is 1. The van der Waals surface area contributed by atoms with Crippen LogP contribution in [0.2, 0.25) is 0 Å². The number of aliphatic hydroxyl groups is 1. The fourth-order valence-electron chi connectivity index (χ4n) is 3.75. The molecule has 4 aromatic rings. The summed E-state index contributed by atoms with van der Waals surface area (Å²) in [4.78, 5) is 0.717. The molecule has 1 N–H and O–H groups in total. The standard InChI is InChI=1S/C26H24O3S/c1-18-13-15-20(16-14-18)30(28)17-24(27)23-11-6-12-25(29-2)26(23)22-10-5-8-19-7-3-4-9-21(19)22/h3-16,24,27H,17H2,1-2H3/t24-,30?/m0/s1. The molecule has 152 valence electrons. The Morgan fingerprint density at radius 3 is 2.37 bits per heavy atom. The first kappa shape index (κ1) is 20.3. The zero-order valence-corrected chi connectivity index (χ0v) is 17.9. The summed E-state index contributed by atoms with van der Waals surface area (Å²) in [6, 6.07) is 27.5. The minimum atomic E-state index is -1.31. The van der Waals surface area contributed by atoms with Crippen molar-refractivity contribution in [3.05, 3.63) is 96.1 Å². The van der Waals surface area contributed by atoms with E-state index in [0.29, 0.717) is 16.2 Å². The van der Waals surface area contributed by atoms with Crippen LogP contribution in [0.4, 0.5) is 0 Å². The van der Waals surface area contributed by atoms with E-state index in [1.54, 1.807) is 7.11 Å². The van der Waals surface area contributed by atoms with Gasteiger partial charge in [0.15, 0.2) is 0 Å². The van der Waals surface area contributed by atoms with Crippen LogP contribution >= 0.6 is 0 Å². The average Bonchev–Trinajstić information content (AvgIpc) is 2.78. The molecule has 0 bridgehead atoms. The third-order valence-corrected chi connectivity index (χ3v) is 6.71. The molecule has 0 fully saturated rings. The van der Waals surface area contributed by atoms with Crippen LogP contribution < -0.4 is 4.74 Å². The van der Waals surface area contributed by atoms with E-state index in [-0.39, 0.29) is 5.75 Å². The van der Waals surface area contributed by atoms with Crippen LogP contribution in [0.25, 0.3) is 21.9 Å². The number of fused-ring (bicyclic) bond motifs is 1. The maximum Gasteiger partial charge on any atom is 0.127 e. The molecule has 4 aromatic carbocycles. The summed E-state index contributed by atoms with van der Waals surface area (Å²) >= 11 is 0. The molecule has 0 heterocycles. The minimum absolute atomic E-state index is 0.119. The second-order valence-corrected chi connectivity index (χ2v) is 8.79. The van der Waals surface area contributed by atoms with Crippen LogP contribution in [0.3, 0.4) is 0 Å². The molecule has 1 unspecified atom stereocenters. The van der Waals surface area contributed by atoms with Crippen molar-refractivity contribution in [3.63, 3.8) is 0 Å². The molecule has 0 saturated heterocycles. The summed E-state index contributed by atoms with van der Waals surface area (Å²) in [7, 11) is 0.316. The van der Waals surface area contributed by atoms with Crippen molar-refractivity contribution in [2.24, 2.45) is 0 Å². The van der Waals surface area contributed by atoms with Crippen molar-refractivity contribution in [2.75, 3.05) is 12.9 Å². The van der Waals surface area contributed by atoms with Gasteiger partial charge in [-0.25, -0.2) is 0 Å². The molecule has 0 aliphatic rings. The Balaban J connectivity index is 1.77. The first-order valence-corrected chi connectivity index (χ1v) is 11.2. The molecule has 0 aliphatic carbocycles. The molecule has 4 heteroatoms. The van der Waals surface area contributed by atoms with Crippen molar-refractivity contribution in [1.82, 2.24) is 0 Å². The molecular weight excluding hydrogens is 392 g/mol. The van der Waals surface area contributed by atoms with Gasteiger partial charge < -0.3 is 9.84 Å². The highest BCUT2D eigenvalue weighted by Gasteiger charge is 2.21. The molecule has 0 aliphatic heterocycles. The summed E-state index contributed by atoms with van der Waals surface area (Å²) in [5, 5.41) is 13.3. The Kier molecular flexibility index (Phi) is 5.98. The zero-order chi connectivity index (χ0) is 21.1. The van der Waals surface area contributed by atoms with Crippen molar-refractivity contribution >= 4 is 21.6 Å². The summed E-state index contributed by atoms with van der Waals surface area (Å²) in [6.07, 6.45) is -0.892. The minimum Gasteiger partial charge on any atom is -0.496 e. The van der Waals surface area contributed by atoms with Gasteiger partial charge in [0, 0.05) is 10.5 Å². The number of aliphatic hydroxyl groups excluding tert-OH is 1. The van der Waals surface area contributed by atoms with Crippen molar-refractivity contribution in [1.29, 1.82) is 0 Å². The van der Waals surface area contributed by atoms with E-state index in [1.165, 1.54) is 0 Å². The Bertz CT molecular complexity index is 1190. The smallest absolute Gasteiger partial charge is 0.127 e. The lowest BCUT2D eigenvalue weighted by Gasteiger charge is -2.19. The fraction of sp³-hybridized carbons (Fsp3) is 0.154. The Morgan fingerprint density at radius 1 is 0.900 bits per heavy atom. The van der Waals surface area contributed by atoms with Gasteiger partial charge in [0.05, 0.1) is 29.8 Å². The van der Waals surface area contributed by atoms with Gasteiger partial charge in [0.25, 0.3) is 0 Å². The number of methoxy groups -OCH3 is 1. The molecule has 0 radical (unpaired) electrons. The lowest BCUT2D eigenvalue weighted by atomic mass is 9.92. The van der Waals surface area contributed by atoms with Gasteiger partial charge in [0.1, 0.15) is 5.75 Å². The van der Waals surface area contributed by atoms with Crippen molar-refractivity contribution in [3.8, 4) is 16.9 Å². The van der Waals surface area contributed by atoms with E-state index in [0.717, 1.165) is 27.5 Å². The van der Waals surface area contributed by atoms with Gasteiger partial charge in [-0.15, -0.1) is 0 Å². The summed E-state index contributed by atoms with van der Waals surface area (Å²) < 4.78 is 18.5. The highest BCUT2D eigenvalue weighted by atomic mass is 32.2. The second-order valence-electron chi connectivity index (χ2n) is 7.29. The monoisotopic (exact) mass is 416 g/mol. The number of hydrogen-bond acceptors (Lipinski definition) is 3. The maximum absolute atomic E-state index is 12.9. The topological polar surface area (TPSA) is 46.5 Å². The Labute approximate surface area is 179 Å². The van der Waals surface area contributed by atoms with Gasteiger partial charge in [-0.05, 0) is 47.0 Å². The van der Waals surface area contributed by atoms with Crippen LogP contribution in [0.15, 0.2) is 89.8 Å². The first-order valence-electron chi connectivity index (χ1n) is 9.86. The highest BCUT2D eigenvalue weighted by Crippen LogP contribution is 2.40. The summed E-state index contributed by atoms with van der Waals surface area (Å²) in [5.74, 6) is 0.803. The lowest BCUT2D eigenvalue weighted by molar-refractivity contribution is 0.203. The van der Waals surface area contributed by atoms with E-state index in [2.05, 4.69) is 18.2 Å². The number of rotatable bonds is 6. The quantitative estimate of drug-likeness (QED) is 0.441. The fourth-order valence-corrected chi connectivity index (χ4v) is 4.85. The molecule has 0 spiro atoms. The predicted octanol–water partition coefficient (Wildman–Crippen LogP) is 5.67. The molecule has 0 amide bonds. The van der Waals surface area contributed by atoms with E-state index >= 15 is 0 Å². The average molecular weight is 417 g/mol. The Hall–Kier alpha value is -2.95. The van der Waals surface area contributed by atoms with Crippen molar-refractivity contribution < 1.29 is 14.1 Å². The third kappa shape index (κ3) is 4.02. The zero-order valence-electron chi connectivity index (χ0n) is 17.0. The molecular formula is C26H24O3S. The van der Waals surface area contributed by atoms with Crippen LogP contribution in [-0.4, -0.2) is 22.2 Å². The number of ether oxygens (including phenoxy) is 1. The normalized spacial score (nSPS) is 13.2. The molecule has 30 heavy (non-hydrogen) atoms. The van der Waals surface area contributed by atoms with Gasteiger partial charge in [-0.3, -0.25) is 4.21 Å². The van der Waals surface area contributed by atoms with Gasteiger partial charge in [0.2, 0.25) is 0 Å². The SMILES string of the molecule is COc1cccc([C@@H](O)CS(=O)c2ccc(C)cc2)c1-c1cccc2ccccc12. The number of benzene rings is 4. The second kappa shape index (κ2) is 8.82. The highest BCUT2D eigenvalue weighted by molar-refractivity contribution is 7.85. The van der Waals surface area contributed by atoms with E-state index in [4.69, 9.17) is 4.74 Å². The van der Waals surface area contributed by atoms with Crippen LogP contribution in [0, 0.1) is 6.92 Å². The third-order valence-electron chi connectivity index (χ3n) is 5.29. The maximum atomic E-state index is 12.9. The molecule has 4 rings (SSSR count). The van der Waals surface area contributed by atoms with E-state index < -0.39 is 16.9 Å². The Morgan fingerprint density at radius 2 is 1.60 bits per heavy atom. The lowest BCUT2D eigenvalue weighted by Crippen LogP contribution is -2.11.